The Kier molecular flexibility index (Phi) is 2.54. The quantitative estimate of drug-likeness (QED) is 0.656. The molecule has 1 nitrogen and oxygen atoms in total. The average Bonchev–Trinajstić information content (AvgIpc) is 2.03. The van der Waals surface area contributed by atoms with Gasteiger partial charge in [-0.05, 0) is 5.19 Å². The molecule has 1 N–H and O–H groups in total. The van der Waals surface area contributed by atoms with E-state index in [1.165, 1.54) is 24.3 Å². The summed E-state index contributed by atoms with van der Waals surface area (Å²) in [5.74, 6) is -4.48. The molecule has 0 unspecified atom stereocenters. The highest BCUT2D eigenvalue weighted by molar-refractivity contribution is 6.67. The largest absolute Gasteiger partial charge is 0.421 e. The van der Waals surface area contributed by atoms with E-state index in [-0.39, 0.29) is 5.19 Å². The fourth-order valence-electron chi connectivity index (χ4n) is 0.760. The summed E-state index contributed by atoms with van der Waals surface area (Å²) in [5, 5.41) is -0.0324. The Bertz CT molecular complexity index is 247. The van der Waals surface area contributed by atoms with Crippen LogP contribution in [0.1, 0.15) is 0 Å². The fraction of sp³-hybridized carbons (Fsp3) is 0.143. The molecule has 0 heterocycles. The second-order valence-electron chi connectivity index (χ2n) is 2.21. The number of rotatable bonds is 1. The van der Waals surface area contributed by atoms with Gasteiger partial charge in [0.25, 0.3) is 0 Å². The molecular weight excluding hydrogens is 185 g/mol. The minimum absolute atomic E-state index is 0.0324. The van der Waals surface area contributed by atoms with E-state index in [4.69, 9.17) is 4.80 Å². The van der Waals surface area contributed by atoms with E-state index in [0.29, 0.717) is 0 Å². The van der Waals surface area contributed by atoms with Crippen LogP contribution in [0.4, 0.5) is 13.2 Å². The maximum atomic E-state index is 11.9. The Labute approximate surface area is 69.2 Å². The summed E-state index contributed by atoms with van der Waals surface area (Å²) in [7, 11) is -3.38. The van der Waals surface area contributed by atoms with Crippen molar-refractivity contribution < 1.29 is 18.0 Å². The van der Waals surface area contributed by atoms with Crippen molar-refractivity contribution in [1.29, 1.82) is 0 Å². The molecule has 0 atom stereocenters. The minimum Gasteiger partial charge on any atom is -0.421 e. The normalized spacial score (nSPS) is 12.1. The summed E-state index contributed by atoms with van der Waals surface area (Å²) in [6.45, 7) is 0. The van der Waals surface area contributed by atoms with Gasteiger partial charge in [-0.15, -0.1) is 0 Å². The lowest BCUT2D eigenvalue weighted by Gasteiger charge is -2.10. The monoisotopic (exact) mass is 191 g/mol. The van der Waals surface area contributed by atoms with Crippen molar-refractivity contribution >= 4 is 14.2 Å². The molecule has 5 heteroatoms. The molecule has 0 aromatic heterocycles. The molecule has 0 bridgehead atoms. The Morgan fingerprint density at radius 2 is 1.58 bits per heavy atom. The first-order valence-electron chi connectivity index (χ1n) is 3.20. The van der Waals surface area contributed by atoms with Crippen LogP contribution in [0.5, 0.6) is 0 Å². The Morgan fingerprint density at radius 1 is 1.08 bits per heavy atom. The number of hydrogen-bond acceptors (Lipinski definition) is 1. The van der Waals surface area contributed by atoms with Crippen LogP contribution in [-0.2, 0) is 0 Å². The van der Waals surface area contributed by atoms with Gasteiger partial charge in [0.2, 0.25) is 0 Å². The van der Waals surface area contributed by atoms with Crippen molar-refractivity contribution in [2.75, 3.05) is 0 Å². The van der Waals surface area contributed by atoms with Crippen LogP contribution in [0, 0.1) is 0 Å². The van der Waals surface area contributed by atoms with Crippen molar-refractivity contribution in [1.82, 2.24) is 0 Å². The van der Waals surface area contributed by atoms with Crippen molar-refractivity contribution in [2.45, 2.75) is 5.80 Å². The van der Waals surface area contributed by atoms with Gasteiger partial charge in [-0.3, -0.25) is 0 Å². The van der Waals surface area contributed by atoms with Crippen LogP contribution in [-0.4, -0.2) is 19.6 Å². The molecule has 65 valence electrons. The smallest absolute Gasteiger partial charge is 0.394 e. The maximum Gasteiger partial charge on any atom is 0.394 e. The van der Waals surface area contributed by atoms with E-state index >= 15 is 0 Å². The lowest BCUT2D eigenvalue weighted by atomic mass is 10.4. The van der Waals surface area contributed by atoms with Gasteiger partial charge in [-0.2, -0.15) is 13.2 Å². The summed E-state index contributed by atoms with van der Waals surface area (Å²) in [6.07, 6.45) is 0. The maximum absolute atomic E-state index is 11.9. The number of benzene rings is 1. The molecule has 0 saturated carbocycles. The first-order valence-corrected chi connectivity index (χ1v) is 4.65. The van der Waals surface area contributed by atoms with Crippen molar-refractivity contribution in [3.05, 3.63) is 30.3 Å². The second-order valence-corrected chi connectivity index (χ2v) is 4.05. The molecule has 1 aromatic rings. The summed E-state index contributed by atoms with van der Waals surface area (Å²) < 4.78 is 35.8. The van der Waals surface area contributed by atoms with Crippen LogP contribution in [0.25, 0.3) is 0 Å². The van der Waals surface area contributed by atoms with Crippen LogP contribution in [0.3, 0.4) is 0 Å². The van der Waals surface area contributed by atoms with Crippen molar-refractivity contribution in [3.8, 4) is 0 Å². The molecule has 0 saturated heterocycles. The predicted octanol–water partition coefficient (Wildman–Crippen LogP) is 0.979. The highest BCUT2D eigenvalue weighted by Crippen LogP contribution is 2.16. The molecule has 0 aliphatic rings. The van der Waals surface area contributed by atoms with Crippen molar-refractivity contribution in [3.63, 3.8) is 0 Å². The zero-order valence-electron chi connectivity index (χ0n) is 5.97. The van der Waals surface area contributed by atoms with Gasteiger partial charge in [0, 0.05) is 0 Å². The summed E-state index contributed by atoms with van der Waals surface area (Å²) >= 11 is 0. The number of alkyl halides is 3. The SMILES string of the molecule is O[Si](c1ccccc1)C(F)(F)F. The molecular formula is C7H6F3OSi. The van der Waals surface area contributed by atoms with E-state index in [9.17, 15) is 13.2 Å². The number of hydrogen-bond donors (Lipinski definition) is 1. The van der Waals surface area contributed by atoms with Gasteiger partial charge in [0.05, 0.1) is 0 Å². The van der Waals surface area contributed by atoms with E-state index in [1.807, 2.05) is 0 Å². The van der Waals surface area contributed by atoms with Gasteiger partial charge in [-0.25, -0.2) is 0 Å². The van der Waals surface area contributed by atoms with Crippen LogP contribution in [0.15, 0.2) is 30.3 Å². The Balaban J connectivity index is 2.86. The molecule has 0 aliphatic carbocycles. The molecule has 1 rings (SSSR count). The third-order valence-corrected chi connectivity index (χ3v) is 2.73. The zero-order valence-corrected chi connectivity index (χ0v) is 6.97. The fourth-order valence-corrected chi connectivity index (χ4v) is 1.60. The molecule has 0 aliphatic heterocycles. The Hall–Kier alpha value is -0.813. The zero-order chi connectivity index (χ0) is 9.19. The van der Waals surface area contributed by atoms with Gasteiger partial charge < -0.3 is 4.80 Å². The molecule has 1 aromatic carbocycles. The number of halogens is 3. The van der Waals surface area contributed by atoms with Crippen LogP contribution in [0.2, 0.25) is 0 Å². The van der Waals surface area contributed by atoms with E-state index < -0.39 is 14.8 Å². The molecule has 0 amide bonds. The summed E-state index contributed by atoms with van der Waals surface area (Å²) in [4.78, 5) is 8.83. The lowest BCUT2D eigenvalue weighted by Crippen LogP contribution is -2.44. The van der Waals surface area contributed by atoms with Gasteiger partial charge >= 0.3 is 14.8 Å². The highest BCUT2D eigenvalue weighted by Gasteiger charge is 2.43. The third kappa shape index (κ3) is 2.08. The summed E-state index contributed by atoms with van der Waals surface area (Å²) in [6, 6.07) is 7.11. The van der Waals surface area contributed by atoms with Crippen LogP contribution >= 0.6 is 0 Å². The first-order chi connectivity index (χ1) is 5.52. The molecule has 0 spiro atoms. The molecule has 0 fully saturated rings. The third-order valence-electron chi connectivity index (χ3n) is 1.32. The lowest BCUT2D eigenvalue weighted by molar-refractivity contribution is -0.0599. The van der Waals surface area contributed by atoms with Crippen LogP contribution < -0.4 is 5.19 Å². The molecule has 1 radical (unpaired) electrons. The van der Waals surface area contributed by atoms with Crippen molar-refractivity contribution in [2.24, 2.45) is 0 Å². The minimum atomic E-state index is -4.48. The van der Waals surface area contributed by atoms with Gasteiger partial charge in [-0.1, -0.05) is 30.3 Å². The predicted molar refractivity (Wildman–Crippen MR) is 40.1 cm³/mol. The van der Waals surface area contributed by atoms with Gasteiger partial charge in [0.1, 0.15) is 0 Å². The van der Waals surface area contributed by atoms with E-state index in [1.54, 1.807) is 6.07 Å². The molecule has 12 heavy (non-hydrogen) atoms. The average molecular weight is 191 g/mol. The highest BCUT2D eigenvalue weighted by atomic mass is 28.3. The second kappa shape index (κ2) is 3.28. The topological polar surface area (TPSA) is 20.2 Å². The Morgan fingerprint density at radius 3 is 2.00 bits per heavy atom. The standard InChI is InChI=1S/C7H6F3OSi/c8-7(9,10)12(11)6-4-2-1-3-5-6/h1-5,11H. The van der Waals surface area contributed by atoms with Gasteiger partial charge in [0.15, 0.2) is 0 Å². The van der Waals surface area contributed by atoms with E-state index in [0.717, 1.165) is 0 Å². The van der Waals surface area contributed by atoms with E-state index in [2.05, 4.69) is 0 Å². The first kappa shape index (κ1) is 9.28. The summed E-state index contributed by atoms with van der Waals surface area (Å²) in [5.41, 5.74) is 0.